The largest absolute Gasteiger partial charge is 0.497 e. The van der Waals surface area contributed by atoms with Gasteiger partial charge in [-0.05, 0) is 12.1 Å². The molecule has 1 aromatic carbocycles. The Morgan fingerprint density at radius 3 is 2.09 bits per heavy atom. The molecule has 0 fully saturated rings. The van der Waals surface area contributed by atoms with Gasteiger partial charge in [0.15, 0.2) is 5.78 Å². The standard InChI is InChI=1S/C16H16O7/c1-20-10-7-11(15(18)21-2)14(12(8-10)16(19)22-3)13-6-9(17)4-5-23-13/h4-5,7-8,13H,6H2,1-3H3. The van der Waals surface area contributed by atoms with E-state index >= 15 is 0 Å². The molecule has 0 radical (unpaired) electrons. The fraction of sp³-hybridized carbons (Fsp3) is 0.312. The second-order valence-corrected chi connectivity index (χ2v) is 4.72. The van der Waals surface area contributed by atoms with Crippen LogP contribution in [0.5, 0.6) is 5.75 Å². The van der Waals surface area contributed by atoms with Gasteiger partial charge < -0.3 is 18.9 Å². The highest BCUT2D eigenvalue weighted by atomic mass is 16.5. The van der Waals surface area contributed by atoms with Gasteiger partial charge in [0.2, 0.25) is 0 Å². The van der Waals surface area contributed by atoms with E-state index in [1.807, 2.05) is 0 Å². The van der Waals surface area contributed by atoms with Crippen molar-refractivity contribution in [1.82, 2.24) is 0 Å². The molecular formula is C16H16O7. The first-order chi connectivity index (χ1) is 11.0. The van der Waals surface area contributed by atoms with Gasteiger partial charge >= 0.3 is 11.9 Å². The predicted molar refractivity (Wildman–Crippen MR) is 78.3 cm³/mol. The Morgan fingerprint density at radius 1 is 1.09 bits per heavy atom. The van der Waals surface area contributed by atoms with Gasteiger partial charge in [-0.15, -0.1) is 0 Å². The summed E-state index contributed by atoms with van der Waals surface area (Å²) in [6.07, 6.45) is 1.73. The number of benzene rings is 1. The fourth-order valence-electron chi connectivity index (χ4n) is 2.33. The molecule has 7 nitrogen and oxygen atoms in total. The average Bonchev–Trinajstić information content (AvgIpc) is 2.59. The second-order valence-electron chi connectivity index (χ2n) is 4.72. The van der Waals surface area contributed by atoms with Crippen LogP contribution in [-0.4, -0.2) is 39.1 Å². The summed E-state index contributed by atoms with van der Waals surface area (Å²) in [5, 5.41) is 0. The fourth-order valence-corrected chi connectivity index (χ4v) is 2.33. The molecule has 122 valence electrons. The molecule has 2 rings (SSSR count). The van der Waals surface area contributed by atoms with Gasteiger partial charge in [-0.25, -0.2) is 9.59 Å². The monoisotopic (exact) mass is 320 g/mol. The van der Waals surface area contributed by atoms with Crippen LogP contribution in [0.2, 0.25) is 0 Å². The van der Waals surface area contributed by atoms with Crippen LogP contribution in [0.1, 0.15) is 38.8 Å². The third kappa shape index (κ3) is 3.33. The molecule has 1 aromatic rings. The van der Waals surface area contributed by atoms with Crippen molar-refractivity contribution in [2.45, 2.75) is 12.5 Å². The summed E-state index contributed by atoms with van der Waals surface area (Å²) in [5.41, 5.74) is 0.405. The SMILES string of the molecule is COC(=O)c1cc(OC)cc(C(=O)OC)c1C1CC(=O)C=CO1. The average molecular weight is 320 g/mol. The Balaban J connectivity index is 2.68. The lowest BCUT2D eigenvalue weighted by atomic mass is 9.92. The lowest BCUT2D eigenvalue weighted by Crippen LogP contribution is -2.20. The van der Waals surface area contributed by atoms with Gasteiger partial charge in [-0.1, -0.05) is 0 Å². The quantitative estimate of drug-likeness (QED) is 0.782. The first-order valence-corrected chi connectivity index (χ1v) is 6.75. The van der Waals surface area contributed by atoms with E-state index in [2.05, 4.69) is 0 Å². The molecule has 1 atom stereocenters. The maximum atomic E-state index is 12.1. The van der Waals surface area contributed by atoms with E-state index in [-0.39, 0.29) is 34.6 Å². The van der Waals surface area contributed by atoms with E-state index in [1.165, 1.54) is 45.8 Å². The summed E-state index contributed by atoms with van der Waals surface area (Å²) in [4.78, 5) is 35.9. The zero-order valence-electron chi connectivity index (χ0n) is 13.0. The van der Waals surface area contributed by atoms with Crippen molar-refractivity contribution in [3.63, 3.8) is 0 Å². The zero-order valence-corrected chi connectivity index (χ0v) is 13.0. The number of carbonyl (C=O) groups excluding carboxylic acids is 3. The highest BCUT2D eigenvalue weighted by Gasteiger charge is 2.31. The van der Waals surface area contributed by atoms with Crippen LogP contribution in [0.3, 0.4) is 0 Å². The molecule has 0 amide bonds. The highest BCUT2D eigenvalue weighted by Crippen LogP contribution is 2.34. The van der Waals surface area contributed by atoms with Crippen molar-refractivity contribution in [2.24, 2.45) is 0 Å². The number of allylic oxidation sites excluding steroid dienone is 1. The predicted octanol–water partition coefficient (Wildman–Crippen LogP) is 1.81. The summed E-state index contributed by atoms with van der Waals surface area (Å²) in [6, 6.07) is 2.86. The van der Waals surface area contributed by atoms with Crippen molar-refractivity contribution in [3.8, 4) is 5.75 Å². The maximum Gasteiger partial charge on any atom is 0.338 e. The molecule has 0 saturated carbocycles. The minimum Gasteiger partial charge on any atom is -0.497 e. The van der Waals surface area contributed by atoms with Crippen LogP contribution in [-0.2, 0) is 19.0 Å². The number of ketones is 1. The molecule has 1 unspecified atom stereocenters. The smallest absolute Gasteiger partial charge is 0.338 e. The lowest BCUT2D eigenvalue weighted by molar-refractivity contribution is -0.118. The van der Waals surface area contributed by atoms with E-state index in [4.69, 9.17) is 18.9 Å². The normalized spacial score (nSPS) is 16.5. The summed E-state index contributed by atoms with van der Waals surface area (Å²) in [7, 11) is 3.84. The Bertz CT molecular complexity index is 638. The molecule has 0 aliphatic carbocycles. The third-order valence-corrected chi connectivity index (χ3v) is 3.41. The van der Waals surface area contributed by atoms with Gasteiger partial charge in [0.25, 0.3) is 0 Å². The van der Waals surface area contributed by atoms with Gasteiger partial charge in [0.1, 0.15) is 11.9 Å². The number of carbonyl (C=O) groups is 3. The van der Waals surface area contributed by atoms with E-state index < -0.39 is 18.0 Å². The van der Waals surface area contributed by atoms with Crippen LogP contribution < -0.4 is 4.74 Å². The molecule has 0 saturated heterocycles. The van der Waals surface area contributed by atoms with Gasteiger partial charge in [0.05, 0.1) is 45.1 Å². The van der Waals surface area contributed by atoms with Crippen LogP contribution in [0, 0.1) is 0 Å². The van der Waals surface area contributed by atoms with Crippen molar-refractivity contribution in [3.05, 3.63) is 41.2 Å². The molecule has 0 aromatic heterocycles. The molecule has 23 heavy (non-hydrogen) atoms. The van der Waals surface area contributed by atoms with E-state index in [0.717, 1.165) is 0 Å². The molecule has 0 N–H and O–H groups in total. The Labute approximate surface area is 132 Å². The third-order valence-electron chi connectivity index (χ3n) is 3.41. The van der Waals surface area contributed by atoms with Crippen molar-refractivity contribution in [1.29, 1.82) is 0 Å². The lowest BCUT2D eigenvalue weighted by Gasteiger charge is -2.23. The highest BCUT2D eigenvalue weighted by molar-refractivity contribution is 6.00. The summed E-state index contributed by atoms with van der Waals surface area (Å²) >= 11 is 0. The maximum absolute atomic E-state index is 12.1. The number of esters is 2. The van der Waals surface area contributed by atoms with Crippen LogP contribution in [0.25, 0.3) is 0 Å². The van der Waals surface area contributed by atoms with Crippen molar-refractivity contribution >= 4 is 17.7 Å². The number of hydrogen-bond acceptors (Lipinski definition) is 7. The van der Waals surface area contributed by atoms with Crippen LogP contribution in [0.15, 0.2) is 24.5 Å². The van der Waals surface area contributed by atoms with Gasteiger partial charge in [-0.3, -0.25) is 4.79 Å². The van der Waals surface area contributed by atoms with E-state index in [1.54, 1.807) is 0 Å². The van der Waals surface area contributed by atoms with Crippen molar-refractivity contribution in [2.75, 3.05) is 21.3 Å². The molecule has 7 heteroatoms. The summed E-state index contributed by atoms with van der Waals surface area (Å²) in [5.74, 6) is -1.24. The number of hydrogen-bond donors (Lipinski definition) is 0. The molecular weight excluding hydrogens is 304 g/mol. The van der Waals surface area contributed by atoms with Gasteiger partial charge in [-0.2, -0.15) is 0 Å². The molecule has 1 heterocycles. The molecule has 0 bridgehead atoms. The Morgan fingerprint density at radius 2 is 1.65 bits per heavy atom. The van der Waals surface area contributed by atoms with E-state index in [0.29, 0.717) is 0 Å². The van der Waals surface area contributed by atoms with E-state index in [9.17, 15) is 14.4 Å². The molecule has 0 spiro atoms. The first-order valence-electron chi connectivity index (χ1n) is 6.75. The summed E-state index contributed by atoms with van der Waals surface area (Å²) in [6.45, 7) is 0. The number of methoxy groups -OCH3 is 3. The number of ether oxygens (including phenoxy) is 4. The second kappa shape index (κ2) is 6.95. The Kier molecular flexibility index (Phi) is 5.00. The summed E-state index contributed by atoms with van der Waals surface area (Å²) < 4.78 is 20.0. The van der Waals surface area contributed by atoms with Gasteiger partial charge in [0, 0.05) is 11.6 Å². The zero-order chi connectivity index (χ0) is 17.0. The molecule has 1 aliphatic heterocycles. The first kappa shape index (κ1) is 16.5. The minimum atomic E-state index is -0.790. The number of rotatable bonds is 4. The van der Waals surface area contributed by atoms with Crippen LogP contribution in [0.4, 0.5) is 0 Å². The molecule has 1 aliphatic rings. The van der Waals surface area contributed by atoms with Crippen molar-refractivity contribution < 1.29 is 33.3 Å². The Hall–Kier alpha value is -2.83. The minimum absolute atomic E-state index is 0.00316. The topological polar surface area (TPSA) is 88.1 Å². The van der Waals surface area contributed by atoms with Crippen LogP contribution >= 0.6 is 0 Å².